The largest absolute Gasteiger partial charge is 0.294 e. The molecule has 0 aromatic rings. The lowest BCUT2D eigenvalue weighted by Gasteiger charge is -2.35. The third-order valence-corrected chi connectivity index (χ3v) is 7.56. The summed E-state index contributed by atoms with van der Waals surface area (Å²) in [5.41, 5.74) is 3.75. The van der Waals surface area contributed by atoms with Crippen LogP contribution in [0.4, 0.5) is 0 Å². The van der Waals surface area contributed by atoms with Gasteiger partial charge in [0.25, 0.3) is 0 Å². The van der Waals surface area contributed by atoms with E-state index < -0.39 is 0 Å². The highest BCUT2D eigenvalue weighted by atomic mass is 16.1. The molecule has 2 heteroatoms. The minimum absolute atomic E-state index is 0.0260. The molecule has 6 aliphatic carbocycles. The highest BCUT2D eigenvalue weighted by Gasteiger charge is 2.76. The molecule has 102 valence electrons. The van der Waals surface area contributed by atoms with Gasteiger partial charge in [-0.1, -0.05) is 11.1 Å². The second-order valence-corrected chi connectivity index (χ2v) is 8.00. The Morgan fingerprint density at radius 1 is 0.850 bits per heavy atom. The van der Waals surface area contributed by atoms with Crippen molar-refractivity contribution in [2.24, 2.45) is 40.9 Å². The molecule has 0 aliphatic heterocycles. The van der Waals surface area contributed by atoms with Gasteiger partial charge in [-0.15, -0.1) is 0 Å². The van der Waals surface area contributed by atoms with Gasteiger partial charge in [0.05, 0.1) is 0 Å². The van der Waals surface area contributed by atoms with Crippen molar-refractivity contribution in [1.82, 2.24) is 0 Å². The Hall–Kier alpha value is -1.18. The highest BCUT2D eigenvalue weighted by Crippen LogP contribution is 2.81. The zero-order valence-corrected chi connectivity index (χ0v) is 11.5. The molecule has 20 heavy (non-hydrogen) atoms. The van der Waals surface area contributed by atoms with Gasteiger partial charge in [-0.25, -0.2) is 0 Å². The predicted octanol–water partition coefficient (Wildman–Crippen LogP) is 2.69. The third kappa shape index (κ3) is 0.864. The van der Waals surface area contributed by atoms with Crippen LogP contribution in [-0.4, -0.2) is 11.6 Å². The van der Waals surface area contributed by atoms with E-state index in [4.69, 9.17) is 0 Å². The molecule has 2 nitrogen and oxygen atoms in total. The first kappa shape index (κ1) is 10.5. The predicted molar refractivity (Wildman–Crippen MR) is 72.6 cm³/mol. The van der Waals surface area contributed by atoms with Crippen molar-refractivity contribution < 1.29 is 9.59 Å². The molecule has 0 saturated heterocycles. The van der Waals surface area contributed by atoms with Crippen LogP contribution in [0.3, 0.4) is 0 Å². The Bertz CT molecular complexity index is 598. The second kappa shape index (κ2) is 2.88. The van der Waals surface area contributed by atoms with E-state index in [9.17, 15) is 9.59 Å². The van der Waals surface area contributed by atoms with Crippen LogP contribution in [0, 0.1) is 40.9 Å². The minimum Gasteiger partial charge on any atom is -0.294 e. The van der Waals surface area contributed by atoms with Gasteiger partial charge in [0.2, 0.25) is 0 Å². The molecule has 0 aromatic carbocycles. The molecule has 1 spiro atoms. The zero-order valence-electron chi connectivity index (χ0n) is 11.5. The zero-order chi connectivity index (χ0) is 13.2. The van der Waals surface area contributed by atoms with E-state index in [1.54, 1.807) is 23.3 Å². The molecular formula is C18H18O2. The fourth-order valence-electron chi connectivity index (χ4n) is 7.05. The van der Waals surface area contributed by atoms with E-state index in [-0.39, 0.29) is 23.4 Å². The average Bonchev–Trinajstić information content (AvgIpc) is 2.78. The summed E-state index contributed by atoms with van der Waals surface area (Å²) in [6.45, 7) is 0. The summed E-state index contributed by atoms with van der Waals surface area (Å²) in [6, 6.07) is 0. The monoisotopic (exact) mass is 266 g/mol. The Morgan fingerprint density at radius 2 is 1.35 bits per heavy atom. The van der Waals surface area contributed by atoms with E-state index in [0.717, 1.165) is 11.8 Å². The normalized spacial score (nSPS) is 52.2. The topological polar surface area (TPSA) is 34.1 Å². The van der Waals surface area contributed by atoms with Crippen molar-refractivity contribution in [3.05, 3.63) is 23.3 Å². The van der Waals surface area contributed by atoms with Crippen molar-refractivity contribution in [2.75, 3.05) is 0 Å². The molecular weight excluding hydrogens is 248 g/mol. The molecule has 0 radical (unpaired) electrons. The van der Waals surface area contributed by atoms with Crippen molar-refractivity contribution in [2.45, 2.75) is 32.1 Å². The molecule has 4 bridgehead atoms. The fraction of sp³-hybridized carbons (Fsp3) is 0.667. The van der Waals surface area contributed by atoms with Crippen LogP contribution in [0.5, 0.6) is 0 Å². The van der Waals surface area contributed by atoms with Crippen molar-refractivity contribution in [3.8, 4) is 0 Å². The number of hydrogen-bond donors (Lipinski definition) is 0. The first-order valence-corrected chi connectivity index (χ1v) is 8.22. The fourth-order valence-corrected chi connectivity index (χ4v) is 7.05. The van der Waals surface area contributed by atoms with Crippen LogP contribution >= 0.6 is 0 Å². The number of carbonyl (C=O) groups is 2. The maximum absolute atomic E-state index is 12.5. The molecule has 6 rings (SSSR count). The summed E-state index contributed by atoms with van der Waals surface area (Å²) < 4.78 is 0. The van der Waals surface area contributed by atoms with Crippen LogP contribution in [0.2, 0.25) is 0 Å². The molecule has 0 N–H and O–H groups in total. The summed E-state index contributed by atoms with van der Waals surface area (Å²) >= 11 is 0. The summed E-state index contributed by atoms with van der Waals surface area (Å²) in [7, 11) is 0. The van der Waals surface area contributed by atoms with Gasteiger partial charge < -0.3 is 0 Å². The van der Waals surface area contributed by atoms with Gasteiger partial charge in [0.1, 0.15) is 0 Å². The smallest absolute Gasteiger partial charge is 0.160 e. The van der Waals surface area contributed by atoms with E-state index >= 15 is 0 Å². The number of carbonyl (C=O) groups excluding carboxylic acids is 2. The summed E-state index contributed by atoms with van der Waals surface area (Å²) in [5, 5.41) is 0. The molecule has 6 atom stereocenters. The SMILES string of the molecule is O=C1C=CC(=O)[C@H]2[C@H]1[C@H]1C3=C([C@H]4CC[C@H]3C4)[C@H]2C12CC2. The molecule has 0 heterocycles. The second-order valence-electron chi connectivity index (χ2n) is 8.00. The molecule has 3 saturated carbocycles. The molecule has 6 aliphatic rings. The van der Waals surface area contributed by atoms with Crippen LogP contribution in [0.25, 0.3) is 0 Å². The number of rotatable bonds is 0. The van der Waals surface area contributed by atoms with Crippen LogP contribution in [-0.2, 0) is 9.59 Å². The molecule has 0 unspecified atom stereocenters. The Balaban J connectivity index is 1.61. The van der Waals surface area contributed by atoms with Crippen molar-refractivity contribution in [1.29, 1.82) is 0 Å². The lowest BCUT2D eigenvalue weighted by molar-refractivity contribution is -0.129. The van der Waals surface area contributed by atoms with Crippen LogP contribution in [0.15, 0.2) is 23.3 Å². The molecule has 0 aromatic heterocycles. The lowest BCUT2D eigenvalue weighted by Crippen LogP contribution is -2.38. The van der Waals surface area contributed by atoms with Gasteiger partial charge in [0.15, 0.2) is 11.6 Å². The summed E-state index contributed by atoms with van der Waals surface area (Å²) in [4.78, 5) is 24.9. The Labute approximate surface area is 118 Å². The Kier molecular flexibility index (Phi) is 1.52. The molecule has 3 fully saturated rings. The van der Waals surface area contributed by atoms with Gasteiger partial charge in [-0.2, -0.15) is 0 Å². The van der Waals surface area contributed by atoms with Gasteiger partial charge in [-0.05, 0) is 73.3 Å². The van der Waals surface area contributed by atoms with Crippen LogP contribution in [0.1, 0.15) is 32.1 Å². The molecule has 0 amide bonds. The van der Waals surface area contributed by atoms with Crippen LogP contribution < -0.4 is 0 Å². The number of fused-ring (bicyclic) bond motifs is 9. The van der Waals surface area contributed by atoms with Crippen molar-refractivity contribution in [3.63, 3.8) is 0 Å². The summed E-state index contributed by atoms with van der Waals surface area (Å²) in [6.07, 6.45) is 9.71. The minimum atomic E-state index is 0.0260. The van der Waals surface area contributed by atoms with E-state index in [0.29, 0.717) is 17.3 Å². The quantitative estimate of drug-likeness (QED) is 0.632. The van der Waals surface area contributed by atoms with Crippen molar-refractivity contribution >= 4 is 11.6 Å². The number of ketones is 2. The highest BCUT2D eigenvalue weighted by molar-refractivity contribution is 6.09. The summed E-state index contributed by atoms with van der Waals surface area (Å²) in [5.74, 6) is 3.03. The maximum atomic E-state index is 12.5. The first-order chi connectivity index (χ1) is 9.72. The van der Waals surface area contributed by atoms with Gasteiger partial charge >= 0.3 is 0 Å². The lowest BCUT2D eigenvalue weighted by atomic mass is 9.67. The van der Waals surface area contributed by atoms with Gasteiger partial charge in [0, 0.05) is 11.8 Å². The average molecular weight is 266 g/mol. The van der Waals surface area contributed by atoms with Gasteiger partial charge in [-0.3, -0.25) is 9.59 Å². The first-order valence-electron chi connectivity index (χ1n) is 8.22. The maximum Gasteiger partial charge on any atom is 0.160 e. The Morgan fingerprint density at radius 3 is 1.80 bits per heavy atom. The van der Waals surface area contributed by atoms with E-state index in [1.165, 1.54) is 32.1 Å². The number of allylic oxidation sites excluding steroid dienone is 4. The van der Waals surface area contributed by atoms with E-state index in [1.807, 2.05) is 0 Å². The standard InChI is InChI=1S/C18H18O2/c19-10-3-4-11(20)15-14(10)16-12-8-1-2-9(7-8)13(12)17(15)18(16)5-6-18/h3-4,8-9,14-17H,1-2,5-7H2/t8-,9-,14-,15-,16+,17+/m0/s1. The third-order valence-electron chi connectivity index (χ3n) is 7.56. The number of hydrogen-bond acceptors (Lipinski definition) is 2. The van der Waals surface area contributed by atoms with E-state index in [2.05, 4.69) is 0 Å².